The molecule has 5 nitrogen and oxygen atoms in total. The Bertz CT molecular complexity index is 735. The normalized spacial score (nSPS) is 10.8. The first-order valence-corrected chi connectivity index (χ1v) is 9.31. The second kappa shape index (κ2) is 12.1. The van der Waals surface area contributed by atoms with Crippen LogP contribution in [0.25, 0.3) is 0 Å². The largest absolute Gasteiger partial charge is 0.356 e. The molecule has 2 rings (SSSR count). The standard InChI is InChI=1S/C18H23ClN4OS.HI/c1-20-17(24)14-5-3-4-13(12-14)8-10-22-18(21-2)23-11-9-15-6-7-16(19)25-15;/h3-7,12H,8-11H2,1-2H3,(H,20,24)(H2,21,22,23);1H. The van der Waals surface area contributed by atoms with Crippen molar-refractivity contribution in [3.8, 4) is 0 Å². The molecule has 1 aromatic heterocycles. The molecule has 3 N–H and O–H groups in total. The molecule has 0 aliphatic heterocycles. The summed E-state index contributed by atoms with van der Waals surface area (Å²) in [5.74, 6) is 0.700. The molecule has 0 atom stereocenters. The Morgan fingerprint density at radius 1 is 1.15 bits per heavy atom. The van der Waals surface area contributed by atoms with Gasteiger partial charge in [-0.15, -0.1) is 35.3 Å². The minimum atomic E-state index is -0.0685. The minimum Gasteiger partial charge on any atom is -0.356 e. The number of carbonyl (C=O) groups excluding carboxylic acids is 1. The third kappa shape index (κ3) is 7.51. The maximum atomic E-state index is 11.7. The van der Waals surface area contributed by atoms with Crippen LogP contribution in [0.3, 0.4) is 0 Å². The first-order valence-electron chi connectivity index (χ1n) is 8.12. The van der Waals surface area contributed by atoms with E-state index in [-0.39, 0.29) is 29.9 Å². The molecule has 0 fully saturated rings. The van der Waals surface area contributed by atoms with Gasteiger partial charge in [-0.3, -0.25) is 9.79 Å². The van der Waals surface area contributed by atoms with Gasteiger partial charge in [0.05, 0.1) is 4.34 Å². The van der Waals surface area contributed by atoms with Gasteiger partial charge in [-0.1, -0.05) is 23.7 Å². The second-order valence-electron chi connectivity index (χ2n) is 5.41. The van der Waals surface area contributed by atoms with Crippen molar-refractivity contribution in [1.29, 1.82) is 0 Å². The van der Waals surface area contributed by atoms with Crippen molar-refractivity contribution < 1.29 is 4.79 Å². The van der Waals surface area contributed by atoms with Gasteiger partial charge in [0, 0.05) is 37.6 Å². The van der Waals surface area contributed by atoms with Gasteiger partial charge in [0.25, 0.3) is 5.91 Å². The zero-order chi connectivity index (χ0) is 18.1. The van der Waals surface area contributed by atoms with Gasteiger partial charge in [-0.05, 0) is 42.7 Å². The number of guanidine groups is 1. The third-order valence-corrected chi connectivity index (χ3v) is 4.93. The third-order valence-electron chi connectivity index (χ3n) is 3.64. The van der Waals surface area contributed by atoms with Crippen LogP contribution in [0.5, 0.6) is 0 Å². The molecule has 1 aromatic carbocycles. The molecule has 142 valence electrons. The lowest BCUT2D eigenvalue weighted by atomic mass is 10.1. The fourth-order valence-electron chi connectivity index (χ4n) is 2.35. The summed E-state index contributed by atoms with van der Waals surface area (Å²) in [6.07, 6.45) is 1.72. The molecule has 0 spiro atoms. The van der Waals surface area contributed by atoms with Gasteiger partial charge < -0.3 is 16.0 Å². The molecule has 0 saturated carbocycles. The summed E-state index contributed by atoms with van der Waals surface area (Å²) in [7, 11) is 3.39. The lowest BCUT2D eigenvalue weighted by molar-refractivity contribution is 0.0963. The van der Waals surface area contributed by atoms with E-state index in [1.165, 1.54) is 4.88 Å². The first kappa shape index (κ1) is 22.7. The summed E-state index contributed by atoms with van der Waals surface area (Å²) in [4.78, 5) is 17.1. The Labute approximate surface area is 180 Å². The van der Waals surface area contributed by atoms with Gasteiger partial charge in [0.15, 0.2) is 5.96 Å². The van der Waals surface area contributed by atoms with E-state index < -0.39 is 0 Å². The van der Waals surface area contributed by atoms with Crippen molar-refractivity contribution >= 4 is 58.8 Å². The summed E-state index contributed by atoms with van der Waals surface area (Å²) in [5.41, 5.74) is 1.79. The smallest absolute Gasteiger partial charge is 0.251 e. The molecule has 0 radical (unpaired) electrons. The molecule has 8 heteroatoms. The van der Waals surface area contributed by atoms with Crippen LogP contribution >= 0.6 is 46.9 Å². The van der Waals surface area contributed by atoms with E-state index in [9.17, 15) is 4.79 Å². The number of rotatable bonds is 7. The molecular weight excluding hydrogens is 483 g/mol. The summed E-state index contributed by atoms with van der Waals surface area (Å²) >= 11 is 7.53. The zero-order valence-electron chi connectivity index (χ0n) is 14.8. The lowest BCUT2D eigenvalue weighted by Gasteiger charge is -2.12. The number of carbonyl (C=O) groups is 1. The Morgan fingerprint density at radius 2 is 1.88 bits per heavy atom. The Balaban J connectivity index is 0.00000338. The number of hydrogen-bond acceptors (Lipinski definition) is 3. The molecule has 0 saturated heterocycles. The van der Waals surface area contributed by atoms with Crippen molar-refractivity contribution in [3.05, 3.63) is 56.7 Å². The van der Waals surface area contributed by atoms with Gasteiger partial charge >= 0.3 is 0 Å². The molecule has 0 unspecified atom stereocenters. The second-order valence-corrected chi connectivity index (χ2v) is 7.21. The lowest BCUT2D eigenvalue weighted by Crippen LogP contribution is -2.39. The fraction of sp³-hybridized carbons (Fsp3) is 0.333. The topological polar surface area (TPSA) is 65.5 Å². The highest BCUT2D eigenvalue weighted by Gasteiger charge is 2.04. The van der Waals surface area contributed by atoms with Crippen LogP contribution in [-0.4, -0.2) is 39.1 Å². The number of amides is 1. The molecule has 2 aromatic rings. The minimum absolute atomic E-state index is 0. The van der Waals surface area contributed by atoms with Crippen LogP contribution in [-0.2, 0) is 12.8 Å². The van der Waals surface area contributed by atoms with E-state index in [1.807, 2.05) is 36.4 Å². The molecule has 1 amide bonds. The quantitative estimate of drug-likeness (QED) is 0.307. The van der Waals surface area contributed by atoms with Gasteiger partial charge in [-0.2, -0.15) is 0 Å². The van der Waals surface area contributed by atoms with Crippen molar-refractivity contribution in [2.75, 3.05) is 27.2 Å². The summed E-state index contributed by atoms with van der Waals surface area (Å²) < 4.78 is 0.816. The van der Waals surface area contributed by atoms with Crippen LogP contribution in [0.15, 0.2) is 41.4 Å². The average Bonchev–Trinajstić information content (AvgIpc) is 3.05. The maximum Gasteiger partial charge on any atom is 0.251 e. The van der Waals surface area contributed by atoms with Crippen molar-refractivity contribution in [2.45, 2.75) is 12.8 Å². The molecule has 0 aliphatic carbocycles. The van der Waals surface area contributed by atoms with E-state index in [2.05, 4.69) is 20.9 Å². The predicted octanol–water partition coefficient (Wildman–Crippen LogP) is 3.33. The molecule has 26 heavy (non-hydrogen) atoms. The van der Waals surface area contributed by atoms with Gasteiger partial charge in [-0.25, -0.2) is 0 Å². The number of benzene rings is 1. The number of nitrogens with zero attached hydrogens (tertiary/aromatic N) is 1. The number of nitrogens with one attached hydrogen (secondary N) is 3. The van der Waals surface area contributed by atoms with Crippen LogP contribution in [0.1, 0.15) is 20.8 Å². The van der Waals surface area contributed by atoms with Crippen LogP contribution in [0.4, 0.5) is 0 Å². The number of halogens is 2. The fourth-order valence-corrected chi connectivity index (χ4v) is 3.44. The molecule has 0 bridgehead atoms. The van der Waals surface area contributed by atoms with Crippen LogP contribution in [0.2, 0.25) is 4.34 Å². The molecular formula is C18H24ClIN4OS. The Kier molecular flexibility index (Phi) is 10.6. The highest BCUT2D eigenvalue weighted by atomic mass is 127. The Hall–Kier alpha value is -1.32. The van der Waals surface area contributed by atoms with E-state index in [1.54, 1.807) is 25.4 Å². The van der Waals surface area contributed by atoms with Crippen molar-refractivity contribution in [1.82, 2.24) is 16.0 Å². The Morgan fingerprint density at radius 3 is 2.50 bits per heavy atom. The van der Waals surface area contributed by atoms with Crippen LogP contribution in [0, 0.1) is 0 Å². The van der Waals surface area contributed by atoms with E-state index >= 15 is 0 Å². The zero-order valence-corrected chi connectivity index (χ0v) is 18.7. The highest BCUT2D eigenvalue weighted by Crippen LogP contribution is 2.21. The van der Waals surface area contributed by atoms with E-state index in [0.717, 1.165) is 41.8 Å². The number of hydrogen-bond donors (Lipinski definition) is 3. The predicted molar refractivity (Wildman–Crippen MR) is 121 cm³/mol. The summed E-state index contributed by atoms with van der Waals surface area (Å²) in [6.45, 7) is 1.53. The monoisotopic (exact) mass is 506 g/mol. The summed E-state index contributed by atoms with van der Waals surface area (Å²) in [5, 5.41) is 9.22. The van der Waals surface area contributed by atoms with Gasteiger partial charge in [0.1, 0.15) is 0 Å². The first-order chi connectivity index (χ1) is 12.1. The summed E-state index contributed by atoms with van der Waals surface area (Å²) in [6, 6.07) is 11.6. The highest BCUT2D eigenvalue weighted by molar-refractivity contribution is 14.0. The average molecular weight is 507 g/mol. The van der Waals surface area contributed by atoms with Gasteiger partial charge in [0.2, 0.25) is 0 Å². The number of aliphatic imine (C=N–C) groups is 1. The van der Waals surface area contributed by atoms with E-state index in [4.69, 9.17) is 11.6 Å². The molecule has 0 aliphatic rings. The maximum absolute atomic E-state index is 11.7. The molecule has 1 heterocycles. The van der Waals surface area contributed by atoms with Crippen molar-refractivity contribution in [3.63, 3.8) is 0 Å². The number of thiophene rings is 1. The van der Waals surface area contributed by atoms with Crippen LogP contribution < -0.4 is 16.0 Å². The SMILES string of the molecule is CN=C(NCCc1cccc(C(=O)NC)c1)NCCc1ccc(Cl)s1.I. The van der Waals surface area contributed by atoms with E-state index in [0.29, 0.717) is 5.56 Å². The van der Waals surface area contributed by atoms with Crippen molar-refractivity contribution in [2.24, 2.45) is 4.99 Å².